The topological polar surface area (TPSA) is 165 Å². The second-order valence-electron chi connectivity index (χ2n) is 11.2. The largest absolute Gasteiger partial charge is 0.508 e. The Hall–Kier alpha value is -2.97. The van der Waals surface area contributed by atoms with E-state index in [-0.39, 0.29) is 35.8 Å². The summed E-state index contributed by atoms with van der Waals surface area (Å²) in [5, 5.41) is 20.4. The Bertz CT molecular complexity index is 1450. The first kappa shape index (κ1) is 28.0. The molecule has 38 heavy (non-hydrogen) atoms. The van der Waals surface area contributed by atoms with Gasteiger partial charge in [0.25, 0.3) is 0 Å². The molecule has 2 aromatic rings. The number of nitrogens with zero attached hydrogens (tertiary/aromatic N) is 3. The van der Waals surface area contributed by atoms with E-state index in [1.54, 1.807) is 13.1 Å². The smallest absolute Gasteiger partial charge is 0.477 e. The van der Waals surface area contributed by atoms with Gasteiger partial charge in [-0.05, 0) is 18.8 Å². The van der Waals surface area contributed by atoms with Crippen molar-refractivity contribution in [1.29, 1.82) is 0 Å². The Balaban J connectivity index is 1.75. The first-order chi connectivity index (χ1) is 17.5. The minimum absolute atomic E-state index is 0.116. The summed E-state index contributed by atoms with van der Waals surface area (Å²) < 4.78 is 36.4. The van der Waals surface area contributed by atoms with Crippen molar-refractivity contribution in [3.63, 3.8) is 0 Å². The molecule has 208 valence electrons. The highest BCUT2D eigenvalue weighted by molar-refractivity contribution is 7.91. The van der Waals surface area contributed by atoms with E-state index in [9.17, 15) is 33.0 Å². The summed E-state index contributed by atoms with van der Waals surface area (Å²) in [5.41, 5.74) is -1.27. The molecule has 4 rings (SSSR count). The lowest BCUT2D eigenvalue weighted by molar-refractivity contribution is -0.167. The first-order valence-electron chi connectivity index (χ1n) is 11.9. The number of aliphatic hydroxyl groups is 1. The second-order valence-corrected chi connectivity index (χ2v) is 14.2. The van der Waals surface area contributed by atoms with Crippen molar-refractivity contribution >= 4 is 49.6 Å². The van der Waals surface area contributed by atoms with Crippen LogP contribution in [0.4, 0.5) is 4.79 Å². The van der Waals surface area contributed by atoms with E-state index in [1.165, 1.54) is 22.6 Å². The van der Waals surface area contributed by atoms with Gasteiger partial charge in [0.1, 0.15) is 16.9 Å². The monoisotopic (exact) mass is 569 g/mol. The normalized spacial score (nSPS) is 24.4. The predicted molar refractivity (Wildman–Crippen MR) is 136 cm³/mol. The molecule has 0 spiro atoms. The lowest BCUT2D eigenvalue weighted by Gasteiger charge is -2.50. The summed E-state index contributed by atoms with van der Waals surface area (Å²) >= 11 is 1.04. The molecule has 0 saturated carbocycles. The molecule has 0 unspecified atom stereocenters. The highest BCUT2D eigenvalue weighted by Gasteiger charge is 2.66. The number of aliphatic hydroxyl groups excluding tert-OH is 1. The fraction of sp³-hybridized carbons (Fsp3) is 0.583. The standard InChI is InChI=1S/C24H31N3O9S2/c1-12(28)14-17-24(5,7-8-35-22(32)36-10-23(2,3)4)15(16(21(30)31)27(17)19(14)29)13-9-26-11-25-18(20(26)37-13)38(6,33)34/h9,11-12,14,17,28H,7-8,10H2,1-6H3,(H,30,31)/t12-,14-,17-,24+/m1/s1. The van der Waals surface area contributed by atoms with E-state index < -0.39 is 51.3 Å². The fourth-order valence-electron chi connectivity index (χ4n) is 5.14. The summed E-state index contributed by atoms with van der Waals surface area (Å²) in [6.45, 7) is 8.93. The molecule has 1 saturated heterocycles. The van der Waals surface area contributed by atoms with Gasteiger partial charge in [-0.3, -0.25) is 9.20 Å². The van der Waals surface area contributed by atoms with Crippen LogP contribution < -0.4 is 0 Å². The zero-order chi connectivity index (χ0) is 28.4. The molecular formula is C24H31N3O9S2. The number of imidazole rings is 1. The molecule has 2 aliphatic heterocycles. The van der Waals surface area contributed by atoms with Crippen LogP contribution >= 0.6 is 11.3 Å². The van der Waals surface area contributed by atoms with Crippen LogP contribution in [0.25, 0.3) is 10.4 Å². The van der Waals surface area contributed by atoms with Crippen LogP contribution in [-0.4, -0.2) is 82.6 Å². The van der Waals surface area contributed by atoms with Crippen LogP contribution in [0.15, 0.2) is 23.2 Å². The summed E-state index contributed by atoms with van der Waals surface area (Å²) in [4.78, 5) is 43.5. The molecule has 0 bridgehead atoms. The number of thiazole rings is 1. The third-order valence-corrected chi connectivity index (χ3v) is 9.06. The van der Waals surface area contributed by atoms with Crippen LogP contribution in [0.3, 0.4) is 0 Å². The first-order valence-corrected chi connectivity index (χ1v) is 14.6. The molecule has 2 aromatic heterocycles. The van der Waals surface area contributed by atoms with Crippen molar-refractivity contribution in [2.75, 3.05) is 19.5 Å². The number of aromatic nitrogens is 2. The Labute approximate surface area is 223 Å². The van der Waals surface area contributed by atoms with Crippen LogP contribution in [0, 0.1) is 16.7 Å². The van der Waals surface area contributed by atoms with Gasteiger partial charge in [-0.25, -0.2) is 23.0 Å². The van der Waals surface area contributed by atoms with Gasteiger partial charge in [0.05, 0.1) is 36.2 Å². The third kappa shape index (κ3) is 4.69. The van der Waals surface area contributed by atoms with Gasteiger partial charge in [-0.15, -0.1) is 11.3 Å². The number of hydrogen-bond acceptors (Lipinski definition) is 10. The molecule has 1 amide bonds. The van der Waals surface area contributed by atoms with E-state index in [4.69, 9.17) is 9.47 Å². The molecule has 1 fully saturated rings. The Morgan fingerprint density at radius 1 is 1.29 bits per heavy atom. The number of carboxylic acid groups (broad SMARTS) is 1. The maximum absolute atomic E-state index is 13.0. The average molecular weight is 570 g/mol. The second kappa shape index (κ2) is 9.35. The van der Waals surface area contributed by atoms with Crippen molar-refractivity contribution in [1.82, 2.24) is 14.3 Å². The van der Waals surface area contributed by atoms with Crippen molar-refractivity contribution < 1.29 is 42.5 Å². The quantitative estimate of drug-likeness (QED) is 0.356. The number of carbonyl (C=O) groups excluding carboxylic acids is 2. The third-order valence-electron chi connectivity index (χ3n) is 6.81. The summed E-state index contributed by atoms with van der Waals surface area (Å²) in [6.07, 6.45) is 2.13. The van der Waals surface area contributed by atoms with Crippen molar-refractivity contribution in [2.45, 2.75) is 58.2 Å². The fourth-order valence-corrected chi connectivity index (χ4v) is 7.54. The van der Waals surface area contributed by atoms with Gasteiger partial charge in [-0.2, -0.15) is 0 Å². The molecule has 0 aromatic carbocycles. The zero-order valence-corrected chi connectivity index (χ0v) is 23.6. The Kier molecular flexibility index (Phi) is 6.90. The van der Waals surface area contributed by atoms with Crippen LogP contribution in [0.5, 0.6) is 0 Å². The van der Waals surface area contributed by atoms with Gasteiger partial charge in [0.2, 0.25) is 5.91 Å². The summed E-state index contributed by atoms with van der Waals surface area (Å²) in [7, 11) is -3.66. The number of sulfone groups is 1. The molecule has 0 aliphatic carbocycles. The summed E-state index contributed by atoms with van der Waals surface area (Å²) in [6, 6.07) is -0.709. The predicted octanol–water partition coefficient (Wildman–Crippen LogP) is 2.41. The molecule has 4 atom stereocenters. The van der Waals surface area contributed by atoms with Gasteiger partial charge in [0.15, 0.2) is 14.9 Å². The SMILES string of the molecule is C[C@@H](O)[C@H]1C(=O)N2C(C(=O)O)=C(c3cn4cnc(S(C)(=O)=O)c4s3)[C@](C)(CCOC(=O)OCC(C)(C)C)[C@@H]12. The highest BCUT2D eigenvalue weighted by Crippen LogP contribution is 2.60. The maximum Gasteiger partial charge on any atom is 0.508 e. The van der Waals surface area contributed by atoms with Crippen molar-refractivity contribution in [3.8, 4) is 0 Å². The van der Waals surface area contributed by atoms with E-state index in [0.29, 0.717) is 15.3 Å². The number of amides is 1. The van der Waals surface area contributed by atoms with E-state index in [1.807, 2.05) is 20.8 Å². The Morgan fingerprint density at radius 2 is 1.95 bits per heavy atom. The molecule has 2 aliphatic rings. The lowest BCUT2D eigenvalue weighted by Crippen LogP contribution is -2.66. The van der Waals surface area contributed by atoms with E-state index in [2.05, 4.69) is 4.98 Å². The number of hydrogen-bond donors (Lipinski definition) is 2. The van der Waals surface area contributed by atoms with E-state index >= 15 is 0 Å². The van der Waals surface area contributed by atoms with Gasteiger partial charge in [-0.1, -0.05) is 27.7 Å². The van der Waals surface area contributed by atoms with E-state index in [0.717, 1.165) is 17.6 Å². The molecular weight excluding hydrogens is 538 g/mol. The number of carbonyl (C=O) groups is 3. The average Bonchev–Trinajstić information content (AvgIpc) is 3.39. The zero-order valence-electron chi connectivity index (χ0n) is 21.9. The minimum Gasteiger partial charge on any atom is -0.477 e. The Morgan fingerprint density at radius 3 is 2.50 bits per heavy atom. The van der Waals surface area contributed by atoms with Crippen LogP contribution in [-0.2, 0) is 28.9 Å². The molecule has 2 N–H and O–H groups in total. The molecule has 14 heteroatoms. The van der Waals surface area contributed by atoms with Gasteiger partial charge < -0.3 is 24.6 Å². The van der Waals surface area contributed by atoms with Crippen molar-refractivity contribution in [2.24, 2.45) is 16.7 Å². The van der Waals surface area contributed by atoms with Crippen LogP contribution in [0.1, 0.15) is 45.9 Å². The van der Waals surface area contributed by atoms with Gasteiger partial charge in [0, 0.05) is 23.4 Å². The highest BCUT2D eigenvalue weighted by atomic mass is 32.2. The number of ether oxygens (including phenoxy) is 2. The van der Waals surface area contributed by atoms with Crippen LogP contribution in [0.2, 0.25) is 0 Å². The number of rotatable bonds is 8. The maximum atomic E-state index is 13.0. The van der Waals surface area contributed by atoms with Gasteiger partial charge >= 0.3 is 12.1 Å². The lowest BCUT2D eigenvalue weighted by atomic mass is 9.66. The number of carboxylic acids is 1. The number of aliphatic carboxylic acids is 1. The number of β-lactam (4-membered cyclic amide) rings is 1. The molecule has 12 nitrogen and oxygen atoms in total. The molecule has 0 radical (unpaired) electrons. The summed E-state index contributed by atoms with van der Waals surface area (Å²) in [5.74, 6) is -2.72. The molecule has 4 heterocycles. The minimum atomic E-state index is -3.66. The number of fused-ring (bicyclic) bond motifs is 2. The van der Waals surface area contributed by atoms with Crippen molar-refractivity contribution in [3.05, 3.63) is 23.1 Å².